The maximum atomic E-state index is 5.27. The van der Waals surface area contributed by atoms with Gasteiger partial charge in [-0.2, -0.15) is 4.98 Å². The third-order valence-electron chi connectivity index (χ3n) is 0.865. The molecule has 1 aromatic heterocycles. The Bertz CT molecular complexity index is 197. The van der Waals surface area contributed by atoms with Gasteiger partial charge in [0.05, 0.1) is 0 Å². The van der Waals surface area contributed by atoms with Crippen LogP contribution >= 0.6 is 11.8 Å². The molecule has 0 amide bonds. The molecule has 55 valence electrons. The molecule has 3 N–H and O–H groups in total. The van der Waals surface area contributed by atoms with Crippen molar-refractivity contribution < 1.29 is 0 Å². The van der Waals surface area contributed by atoms with Crippen molar-refractivity contribution in [3.63, 3.8) is 0 Å². The first-order chi connectivity index (χ1) is 4.83. The average Bonchev–Trinajstić information content (AvgIpc) is 2.31. The SMILES string of the molecule is [CH2]CCSc1nc(N)n[nH]1. The van der Waals surface area contributed by atoms with Gasteiger partial charge in [0.25, 0.3) is 0 Å². The second-order valence-corrected chi connectivity index (χ2v) is 2.78. The zero-order chi connectivity index (χ0) is 7.40. The standard InChI is InChI=1S/C5H9N4S/c1-2-3-10-5-7-4(6)8-9-5/h1-3H2,(H3,6,7,8,9). The minimum absolute atomic E-state index is 0.298. The number of H-pyrrole nitrogens is 1. The van der Waals surface area contributed by atoms with Crippen molar-refractivity contribution in [2.24, 2.45) is 0 Å². The molecule has 0 aromatic carbocycles. The van der Waals surface area contributed by atoms with Gasteiger partial charge in [0, 0.05) is 5.75 Å². The van der Waals surface area contributed by atoms with Gasteiger partial charge in [-0.3, -0.25) is 5.10 Å². The Hall–Kier alpha value is -0.710. The van der Waals surface area contributed by atoms with Crippen molar-refractivity contribution in [1.82, 2.24) is 15.2 Å². The van der Waals surface area contributed by atoms with Crippen LogP contribution < -0.4 is 5.73 Å². The first kappa shape index (κ1) is 7.40. The molecule has 0 spiro atoms. The quantitative estimate of drug-likeness (QED) is 0.634. The highest BCUT2D eigenvalue weighted by Gasteiger charge is 1.97. The summed E-state index contributed by atoms with van der Waals surface area (Å²) in [5, 5.41) is 7.12. The van der Waals surface area contributed by atoms with E-state index in [4.69, 9.17) is 5.73 Å². The molecule has 5 heteroatoms. The molecule has 0 aliphatic carbocycles. The van der Waals surface area contributed by atoms with E-state index in [1.165, 1.54) is 0 Å². The van der Waals surface area contributed by atoms with Gasteiger partial charge in [0.2, 0.25) is 5.95 Å². The van der Waals surface area contributed by atoms with Crippen LogP contribution in [0.4, 0.5) is 5.95 Å². The summed E-state index contributed by atoms with van der Waals surface area (Å²) in [6.07, 6.45) is 0.880. The zero-order valence-electron chi connectivity index (χ0n) is 5.50. The molecule has 0 aliphatic rings. The highest BCUT2D eigenvalue weighted by molar-refractivity contribution is 7.99. The van der Waals surface area contributed by atoms with Crippen molar-refractivity contribution >= 4 is 17.7 Å². The van der Waals surface area contributed by atoms with Crippen LogP contribution in [-0.2, 0) is 0 Å². The van der Waals surface area contributed by atoms with E-state index >= 15 is 0 Å². The first-order valence-electron chi connectivity index (χ1n) is 2.93. The smallest absolute Gasteiger partial charge is 0.240 e. The molecule has 10 heavy (non-hydrogen) atoms. The third kappa shape index (κ3) is 1.91. The topological polar surface area (TPSA) is 67.6 Å². The Morgan fingerprint density at radius 1 is 1.70 bits per heavy atom. The summed E-state index contributed by atoms with van der Waals surface area (Å²) in [5.41, 5.74) is 5.27. The fourth-order valence-corrected chi connectivity index (χ4v) is 1.10. The van der Waals surface area contributed by atoms with Gasteiger partial charge in [0.1, 0.15) is 0 Å². The highest BCUT2D eigenvalue weighted by atomic mass is 32.2. The molecule has 1 heterocycles. The lowest BCUT2D eigenvalue weighted by atomic mass is 10.6. The van der Waals surface area contributed by atoms with E-state index in [9.17, 15) is 0 Å². The molecule has 1 aromatic rings. The number of aromatic nitrogens is 3. The Labute approximate surface area is 63.6 Å². The van der Waals surface area contributed by atoms with Gasteiger partial charge in [-0.1, -0.05) is 18.7 Å². The lowest BCUT2D eigenvalue weighted by Crippen LogP contribution is -1.85. The fourth-order valence-electron chi connectivity index (χ4n) is 0.493. The molecule has 0 saturated carbocycles. The molecular weight excluding hydrogens is 148 g/mol. The Morgan fingerprint density at radius 3 is 3.00 bits per heavy atom. The molecule has 0 saturated heterocycles. The van der Waals surface area contributed by atoms with Crippen LogP contribution in [0, 0.1) is 6.92 Å². The maximum absolute atomic E-state index is 5.27. The maximum Gasteiger partial charge on any atom is 0.240 e. The molecule has 0 aliphatic heterocycles. The highest BCUT2D eigenvalue weighted by Crippen LogP contribution is 2.12. The molecule has 0 fully saturated rings. The number of nitrogen functional groups attached to an aromatic ring is 1. The van der Waals surface area contributed by atoms with E-state index in [2.05, 4.69) is 22.1 Å². The second-order valence-electron chi connectivity index (χ2n) is 1.70. The van der Waals surface area contributed by atoms with Gasteiger partial charge >= 0.3 is 0 Å². The summed E-state index contributed by atoms with van der Waals surface area (Å²) in [7, 11) is 0. The molecular formula is C5H9N4S. The fraction of sp³-hybridized carbons (Fsp3) is 0.400. The number of anilines is 1. The van der Waals surface area contributed by atoms with E-state index in [1.807, 2.05) is 0 Å². The molecule has 0 bridgehead atoms. The van der Waals surface area contributed by atoms with E-state index < -0.39 is 0 Å². The molecule has 4 nitrogen and oxygen atoms in total. The van der Waals surface area contributed by atoms with Gasteiger partial charge in [-0.25, -0.2) is 0 Å². The Kier molecular flexibility index (Phi) is 2.56. The van der Waals surface area contributed by atoms with Gasteiger partial charge in [0.15, 0.2) is 5.16 Å². The van der Waals surface area contributed by atoms with Crippen molar-refractivity contribution in [2.75, 3.05) is 11.5 Å². The monoisotopic (exact) mass is 157 g/mol. The van der Waals surface area contributed by atoms with E-state index in [0.717, 1.165) is 17.3 Å². The van der Waals surface area contributed by atoms with Crippen LogP contribution in [0.2, 0.25) is 0 Å². The molecule has 1 radical (unpaired) electrons. The predicted octanol–water partition coefficient (Wildman–Crippen LogP) is 0.703. The van der Waals surface area contributed by atoms with Gasteiger partial charge in [-0.15, -0.1) is 5.10 Å². The summed E-state index contributed by atoms with van der Waals surface area (Å²) in [4.78, 5) is 3.89. The summed E-state index contributed by atoms with van der Waals surface area (Å²) in [6, 6.07) is 0. The molecule has 0 unspecified atom stereocenters. The van der Waals surface area contributed by atoms with Crippen LogP contribution in [-0.4, -0.2) is 20.9 Å². The van der Waals surface area contributed by atoms with Crippen LogP contribution in [0.15, 0.2) is 5.16 Å². The number of rotatable bonds is 3. The number of hydrogen-bond donors (Lipinski definition) is 2. The number of nitrogens with zero attached hydrogens (tertiary/aromatic N) is 2. The number of nitrogens with two attached hydrogens (primary N) is 1. The Morgan fingerprint density at radius 2 is 2.50 bits per heavy atom. The van der Waals surface area contributed by atoms with Crippen LogP contribution in [0.5, 0.6) is 0 Å². The lowest BCUT2D eigenvalue weighted by molar-refractivity contribution is 0.972. The normalized spacial score (nSPS) is 10.1. The predicted molar refractivity (Wildman–Crippen MR) is 41.5 cm³/mol. The van der Waals surface area contributed by atoms with E-state index in [-0.39, 0.29) is 0 Å². The number of aromatic amines is 1. The van der Waals surface area contributed by atoms with Crippen molar-refractivity contribution in [2.45, 2.75) is 11.6 Å². The average molecular weight is 157 g/mol. The van der Waals surface area contributed by atoms with Crippen LogP contribution in [0.25, 0.3) is 0 Å². The minimum atomic E-state index is 0.298. The number of hydrogen-bond acceptors (Lipinski definition) is 4. The second kappa shape index (κ2) is 3.46. The summed E-state index contributed by atoms with van der Waals surface area (Å²) >= 11 is 1.57. The summed E-state index contributed by atoms with van der Waals surface area (Å²) < 4.78 is 0. The molecule has 0 atom stereocenters. The van der Waals surface area contributed by atoms with Crippen LogP contribution in [0.3, 0.4) is 0 Å². The summed E-state index contributed by atoms with van der Waals surface area (Å²) in [6.45, 7) is 3.69. The van der Waals surface area contributed by atoms with Gasteiger partial charge in [-0.05, 0) is 6.42 Å². The first-order valence-corrected chi connectivity index (χ1v) is 3.91. The van der Waals surface area contributed by atoms with E-state index in [1.54, 1.807) is 11.8 Å². The Balaban J connectivity index is 2.42. The third-order valence-corrected chi connectivity index (χ3v) is 1.81. The largest absolute Gasteiger partial charge is 0.366 e. The summed E-state index contributed by atoms with van der Waals surface area (Å²) in [5.74, 6) is 1.24. The van der Waals surface area contributed by atoms with Crippen LogP contribution in [0.1, 0.15) is 6.42 Å². The minimum Gasteiger partial charge on any atom is -0.366 e. The van der Waals surface area contributed by atoms with Gasteiger partial charge < -0.3 is 5.73 Å². The number of nitrogens with one attached hydrogen (secondary N) is 1. The van der Waals surface area contributed by atoms with Crippen molar-refractivity contribution in [3.8, 4) is 0 Å². The zero-order valence-corrected chi connectivity index (χ0v) is 6.32. The van der Waals surface area contributed by atoms with Crippen molar-refractivity contribution in [3.05, 3.63) is 6.92 Å². The lowest BCUT2D eigenvalue weighted by Gasteiger charge is -1.88. The van der Waals surface area contributed by atoms with Crippen molar-refractivity contribution in [1.29, 1.82) is 0 Å². The van der Waals surface area contributed by atoms with E-state index in [0.29, 0.717) is 5.95 Å². The molecule has 1 rings (SSSR count). The number of thioether (sulfide) groups is 1.